The second-order valence-corrected chi connectivity index (χ2v) is 4.02. The van der Waals surface area contributed by atoms with Crippen LogP contribution in [-0.2, 0) is 0 Å². The molecule has 0 bridgehead atoms. The van der Waals surface area contributed by atoms with Gasteiger partial charge in [0.05, 0.1) is 0 Å². The van der Waals surface area contributed by atoms with Gasteiger partial charge in [-0.15, -0.1) is 11.3 Å². The monoisotopic (exact) mass is 259 g/mol. The fraction of sp³-hybridized carbons (Fsp3) is 0. The van der Waals surface area contributed by atoms with Crippen molar-refractivity contribution in [2.45, 2.75) is 0 Å². The molecule has 0 fully saturated rings. The van der Waals surface area contributed by atoms with Crippen molar-refractivity contribution in [3.05, 3.63) is 33.2 Å². The normalized spacial score (nSPS) is 10.5. The fourth-order valence-corrected chi connectivity index (χ4v) is 2.53. The van der Waals surface area contributed by atoms with Crippen molar-refractivity contribution in [3.8, 4) is 0 Å². The summed E-state index contributed by atoms with van der Waals surface area (Å²) in [7, 11) is 0. The van der Waals surface area contributed by atoms with Crippen LogP contribution in [-0.4, -0.2) is 0 Å². The Labute approximate surface area is 77.0 Å². The highest BCUT2D eigenvalue weighted by Gasteiger charge is 1.96. The molecule has 2 aromatic rings. The van der Waals surface area contributed by atoms with E-state index in [-0.39, 0.29) is 0 Å². The Morgan fingerprint density at radius 1 is 1.40 bits per heavy atom. The van der Waals surface area contributed by atoms with Gasteiger partial charge in [0.2, 0.25) is 0 Å². The van der Waals surface area contributed by atoms with Crippen LogP contribution in [0.1, 0.15) is 0 Å². The number of benzene rings is 1. The van der Waals surface area contributed by atoms with E-state index in [2.05, 4.69) is 46.2 Å². The first kappa shape index (κ1) is 6.61. The molecule has 2 heteroatoms. The summed E-state index contributed by atoms with van der Waals surface area (Å²) in [5, 5.41) is 3.44. The van der Waals surface area contributed by atoms with Gasteiger partial charge >= 0.3 is 0 Å². The van der Waals surface area contributed by atoms with Crippen molar-refractivity contribution in [2.75, 3.05) is 0 Å². The highest BCUT2D eigenvalue weighted by molar-refractivity contribution is 14.1. The summed E-state index contributed by atoms with van der Waals surface area (Å²) in [6, 6.07) is 9.36. The molecule has 0 aliphatic carbocycles. The molecule has 0 aliphatic heterocycles. The molecule has 0 aliphatic rings. The van der Waals surface area contributed by atoms with Gasteiger partial charge in [0.15, 0.2) is 0 Å². The van der Waals surface area contributed by atoms with Gasteiger partial charge in [0.25, 0.3) is 0 Å². The van der Waals surface area contributed by atoms with Gasteiger partial charge in [0, 0.05) is 13.7 Å². The molecule has 10 heavy (non-hydrogen) atoms. The molecule has 1 aromatic heterocycles. The zero-order valence-corrected chi connectivity index (χ0v) is 8.07. The second kappa shape index (κ2) is 2.51. The Bertz CT molecular complexity index is 351. The third kappa shape index (κ3) is 0.953. The quantitative estimate of drug-likeness (QED) is 0.637. The molecule has 0 amide bonds. The number of rotatable bonds is 0. The van der Waals surface area contributed by atoms with Crippen molar-refractivity contribution in [2.24, 2.45) is 0 Å². The SMILES string of the molecule is Ic1[c]ccc2sccc12. The van der Waals surface area contributed by atoms with Gasteiger partial charge in [-0.25, -0.2) is 0 Å². The molecule has 0 unspecified atom stereocenters. The molecular formula is C8H4IS. The molecule has 0 saturated carbocycles. The molecular weight excluding hydrogens is 255 g/mol. The van der Waals surface area contributed by atoms with Crippen LogP contribution in [0.15, 0.2) is 23.6 Å². The lowest BCUT2D eigenvalue weighted by molar-refractivity contribution is 1.75. The van der Waals surface area contributed by atoms with E-state index in [9.17, 15) is 0 Å². The molecule has 0 nitrogen and oxygen atoms in total. The first-order valence-electron chi connectivity index (χ1n) is 2.91. The van der Waals surface area contributed by atoms with Crippen LogP contribution in [0.3, 0.4) is 0 Å². The number of hydrogen-bond acceptors (Lipinski definition) is 1. The Morgan fingerprint density at radius 3 is 3.10 bits per heavy atom. The Hall–Kier alpha value is -0.0900. The summed E-state index contributed by atoms with van der Waals surface area (Å²) in [5.41, 5.74) is 0. The summed E-state index contributed by atoms with van der Waals surface area (Å²) in [6.07, 6.45) is 0. The van der Waals surface area contributed by atoms with Gasteiger partial charge in [-0.3, -0.25) is 0 Å². The lowest BCUT2D eigenvalue weighted by Gasteiger charge is -1.89. The number of hydrogen-bond donors (Lipinski definition) is 0. The fourth-order valence-electron chi connectivity index (χ4n) is 0.900. The van der Waals surface area contributed by atoms with E-state index in [0.717, 1.165) is 0 Å². The highest BCUT2D eigenvalue weighted by atomic mass is 127. The molecule has 1 radical (unpaired) electrons. The van der Waals surface area contributed by atoms with E-state index < -0.39 is 0 Å². The largest absolute Gasteiger partial charge is 0.144 e. The van der Waals surface area contributed by atoms with Crippen LogP contribution in [0.5, 0.6) is 0 Å². The Kier molecular flexibility index (Phi) is 1.66. The van der Waals surface area contributed by atoms with E-state index in [1.165, 1.54) is 13.7 Å². The summed E-state index contributed by atoms with van der Waals surface area (Å²) in [4.78, 5) is 0. The minimum absolute atomic E-state index is 1.22. The summed E-state index contributed by atoms with van der Waals surface area (Å²) in [6.45, 7) is 0. The zero-order valence-electron chi connectivity index (χ0n) is 5.10. The highest BCUT2D eigenvalue weighted by Crippen LogP contribution is 2.24. The summed E-state index contributed by atoms with van der Waals surface area (Å²) >= 11 is 4.08. The minimum atomic E-state index is 1.22. The van der Waals surface area contributed by atoms with Crippen LogP contribution in [0.2, 0.25) is 0 Å². The first-order chi connectivity index (χ1) is 4.88. The summed E-state index contributed by atoms with van der Waals surface area (Å²) in [5.74, 6) is 0. The number of fused-ring (bicyclic) bond motifs is 1. The first-order valence-corrected chi connectivity index (χ1v) is 4.87. The van der Waals surface area contributed by atoms with Gasteiger partial charge in [0.1, 0.15) is 0 Å². The van der Waals surface area contributed by atoms with Crippen molar-refractivity contribution >= 4 is 44.0 Å². The van der Waals surface area contributed by atoms with Gasteiger partial charge in [-0.05, 0) is 46.2 Å². The maximum Gasteiger partial charge on any atom is 0.0353 e. The van der Waals surface area contributed by atoms with E-state index >= 15 is 0 Å². The smallest absolute Gasteiger partial charge is 0.0353 e. The van der Waals surface area contributed by atoms with E-state index in [1.54, 1.807) is 11.3 Å². The van der Waals surface area contributed by atoms with Crippen molar-refractivity contribution < 1.29 is 0 Å². The molecule has 0 spiro atoms. The maximum atomic E-state index is 3.15. The molecule has 0 N–H and O–H groups in total. The lowest BCUT2D eigenvalue weighted by atomic mass is 10.3. The van der Waals surface area contributed by atoms with Crippen molar-refractivity contribution in [1.82, 2.24) is 0 Å². The predicted octanol–water partition coefficient (Wildman–Crippen LogP) is 3.31. The van der Waals surface area contributed by atoms with Crippen LogP contribution in [0, 0.1) is 9.64 Å². The topological polar surface area (TPSA) is 0 Å². The molecule has 0 atom stereocenters. The van der Waals surface area contributed by atoms with Crippen molar-refractivity contribution in [3.63, 3.8) is 0 Å². The van der Waals surface area contributed by atoms with Crippen LogP contribution in [0.4, 0.5) is 0 Å². The average Bonchev–Trinajstić information content (AvgIpc) is 2.36. The van der Waals surface area contributed by atoms with Crippen LogP contribution >= 0.6 is 33.9 Å². The lowest BCUT2D eigenvalue weighted by Crippen LogP contribution is -1.68. The van der Waals surface area contributed by atoms with Gasteiger partial charge in [-0.1, -0.05) is 6.07 Å². The molecule has 1 aromatic carbocycles. The molecule has 2 rings (SSSR count). The van der Waals surface area contributed by atoms with E-state index in [1.807, 2.05) is 6.07 Å². The summed E-state index contributed by atoms with van der Waals surface area (Å²) < 4.78 is 2.57. The third-order valence-electron chi connectivity index (χ3n) is 1.38. The number of thiophene rings is 1. The van der Waals surface area contributed by atoms with Crippen LogP contribution in [0.25, 0.3) is 10.1 Å². The van der Waals surface area contributed by atoms with Gasteiger partial charge < -0.3 is 0 Å². The standard InChI is InChI=1S/C8H4IS/c9-7-2-1-3-8-6(7)4-5-10-8/h1,3-5H. The van der Waals surface area contributed by atoms with Crippen LogP contribution < -0.4 is 0 Å². The van der Waals surface area contributed by atoms with E-state index in [0.29, 0.717) is 0 Å². The molecule has 1 heterocycles. The Morgan fingerprint density at radius 2 is 2.30 bits per heavy atom. The third-order valence-corrected chi connectivity index (χ3v) is 3.15. The minimum Gasteiger partial charge on any atom is -0.144 e. The Balaban J connectivity index is 2.95. The second-order valence-electron chi connectivity index (χ2n) is 1.99. The van der Waals surface area contributed by atoms with Crippen molar-refractivity contribution in [1.29, 1.82) is 0 Å². The zero-order chi connectivity index (χ0) is 6.97. The molecule has 0 saturated heterocycles. The molecule has 49 valence electrons. The average molecular weight is 259 g/mol. The van der Waals surface area contributed by atoms with Gasteiger partial charge in [-0.2, -0.15) is 0 Å². The number of halogens is 1. The van der Waals surface area contributed by atoms with E-state index in [4.69, 9.17) is 0 Å². The predicted molar refractivity (Wildman–Crippen MR) is 53.4 cm³/mol. The maximum absolute atomic E-state index is 3.15.